The predicted molar refractivity (Wildman–Crippen MR) is 165 cm³/mol. The summed E-state index contributed by atoms with van der Waals surface area (Å²) in [7, 11) is 3.05. The standard InChI is InChI=1S/C20H24N2O3S.C8H11N.C2H4O.CH5N/c1-3-15-4-7-17(22-13-15)10-11-25-18-8-5-16(6-9-18)12-19(14-23)26-20(24)21-2;1-2-5-8-6-3-4-7-9-8;1-2-3;1-2/h4-9,13-14,19H,3,10-12H2,1-2H3,(H,21,24);3-4,6-7H,2,5H2,1H3;2H,1H3;2H2,1H3. The molecule has 0 spiro atoms. The molecule has 3 aromatic rings. The molecule has 0 fully saturated rings. The molecule has 1 unspecified atom stereocenters. The third-order valence-corrected chi connectivity index (χ3v) is 6.13. The number of rotatable bonds is 11. The van der Waals surface area contributed by atoms with Crippen LogP contribution < -0.4 is 15.8 Å². The van der Waals surface area contributed by atoms with Crippen molar-refractivity contribution in [3.05, 3.63) is 89.5 Å². The second kappa shape index (κ2) is 24.5. The van der Waals surface area contributed by atoms with Crippen LogP contribution in [0.15, 0.2) is 67.0 Å². The van der Waals surface area contributed by atoms with Crippen molar-refractivity contribution < 1.29 is 19.1 Å². The number of aldehydes is 2. The monoisotopic (exact) mass is 568 g/mol. The molecule has 0 bridgehead atoms. The first kappa shape index (κ1) is 36.4. The van der Waals surface area contributed by atoms with E-state index in [2.05, 4.69) is 47.0 Å². The highest BCUT2D eigenvalue weighted by molar-refractivity contribution is 8.14. The third-order valence-electron chi connectivity index (χ3n) is 5.13. The number of aromatic nitrogens is 2. The first-order valence-electron chi connectivity index (χ1n) is 13.4. The highest BCUT2D eigenvalue weighted by Crippen LogP contribution is 2.18. The number of pyridine rings is 2. The molecule has 1 atom stereocenters. The SMILES string of the molecule is CC=O.CCCc1ccccn1.CCc1ccc(CCOc2ccc(CC(C=O)SC(=O)NC)cc2)nc1.CN. The van der Waals surface area contributed by atoms with Gasteiger partial charge in [-0.1, -0.05) is 56.3 Å². The van der Waals surface area contributed by atoms with E-state index in [0.29, 0.717) is 13.0 Å². The van der Waals surface area contributed by atoms with E-state index in [1.165, 1.54) is 31.6 Å². The molecule has 0 aliphatic rings. The lowest BCUT2D eigenvalue weighted by atomic mass is 10.1. The molecule has 0 radical (unpaired) electrons. The molecule has 0 saturated carbocycles. The van der Waals surface area contributed by atoms with Gasteiger partial charge in [0.25, 0.3) is 5.24 Å². The number of benzene rings is 1. The Morgan fingerprint density at radius 2 is 1.62 bits per heavy atom. The number of hydrogen-bond acceptors (Lipinski definition) is 8. The number of hydrogen-bond donors (Lipinski definition) is 2. The van der Waals surface area contributed by atoms with Gasteiger partial charge < -0.3 is 25.4 Å². The molecule has 9 heteroatoms. The van der Waals surface area contributed by atoms with E-state index < -0.39 is 0 Å². The molecule has 3 rings (SSSR count). The highest BCUT2D eigenvalue weighted by atomic mass is 32.2. The van der Waals surface area contributed by atoms with E-state index in [0.717, 1.165) is 60.6 Å². The van der Waals surface area contributed by atoms with Crippen molar-refractivity contribution in [1.82, 2.24) is 15.3 Å². The first-order chi connectivity index (χ1) is 19.5. The van der Waals surface area contributed by atoms with Gasteiger partial charge in [-0.15, -0.1) is 0 Å². The summed E-state index contributed by atoms with van der Waals surface area (Å²) < 4.78 is 5.76. The zero-order chi connectivity index (χ0) is 30.0. The number of aryl methyl sites for hydroxylation is 2. The lowest BCUT2D eigenvalue weighted by Crippen LogP contribution is -2.18. The van der Waals surface area contributed by atoms with Crippen molar-refractivity contribution in [3.63, 3.8) is 0 Å². The number of nitrogens with one attached hydrogen (secondary N) is 1. The van der Waals surface area contributed by atoms with Gasteiger partial charge in [0.2, 0.25) is 0 Å². The molecular formula is C31H44N4O4S. The number of thioether (sulfide) groups is 1. The van der Waals surface area contributed by atoms with Crippen molar-refractivity contribution in [2.24, 2.45) is 5.73 Å². The zero-order valence-electron chi connectivity index (χ0n) is 24.3. The maximum absolute atomic E-state index is 11.4. The van der Waals surface area contributed by atoms with Crippen LogP contribution in [0.3, 0.4) is 0 Å². The van der Waals surface area contributed by atoms with Gasteiger partial charge in [-0.25, -0.2) is 0 Å². The molecule has 2 heterocycles. The van der Waals surface area contributed by atoms with E-state index in [1.807, 2.05) is 54.9 Å². The van der Waals surface area contributed by atoms with Crippen LogP contribution in [0.5, 0.6) is 5.75 Å². The number of nitrogens with two attached hydrogens (primary N) is 1. The van der Waals surface area contributed by atoms with Gasteiger partial charge in [-0.2, -0.15) is 0 Å². The van der Waals surface area contributed by atoms with Gasteiger partial charge in [0.1, 0.15) is 18.3 Å². The summed E-state index contributed by atoms with van der Waals surface area (Å²) in [5.74, 6) is 0.778. The molecule has 0 saturated heterocycles. The summed E-state index contributed by atoms with van der Waals surface area (Å²) in [5.41, 5.74) is 8.93. The molecule has 40 heavy (non-hydrogen) atoms. The summed E-state index contributed by atoms with van der Waals surface area (Å²) in [6.07, 6.45) is 9.83. The number of carbonyl (C=O) groups excluding carboxylic acids is 3. The first-order valence-corrected chi connectivity index (χ1v) is 14.2. The molecule has 3 N–H and O–H groups in total. The van der Waals surface area contributed by atoms with E-state index >= 15 is 0 Å². The molecule has 1 amide bonds. The average Bonchev–Trinajstić information content (AvgIpc) is 3.00. The molecular weight excluding hydrogens is 524 g/mol. The van der Waals surface area contributed by atoms with Gasteiger partial charge in [0, 0.05) is 37.3 Å². The van der Waals surface area contributed by atoms with Crippen LogP contribution in [0.25, 0.3) is 0 Å². The Labute approximate surface area is 243 Å². The molecule has 0 aliphatic heterocycles. The van der Waals surface area contributed by atoms with Crippen molar-refractivity contribution in [2.75, 3.05) is 20.7 Å². The van der Waals surface area contributed by atoms with Crippen molar-refractivity contribution in [3.8, 4) is 5.75 Å². The van der Waals surface area contributed by atoms with Crippen LogP contribution in [0.4, 0.5) is 4.79 Å². The summed E-state index contributed by atoms with van der Waals surface area (Å²) in [6.45, 7) is 6.27. The minimum atomic E-state index is -0.390. The van der Waals surface area contributed by atoms with Crippen LogP contribution in [-0.2, 0) is 35.3 Å². The minimum absolute atomic E-state index is 0.206. The highest BCUT2D eigenvalue weighted by Gasteiger charge is 2.13. The second-order valence-electron chi connectivity index (χ2n) is 8.09. The summed E-state index contributed by atoms with van der Waals surface area (Å²) in [5, 5.41) is 1.91. The van der Waals surface area contributed by atoms with E-state index in [1.54, 1.807) is 7.05 Å². The molecule has 1 aromatic carbocycles. The third kappa shape index (κ3) is 17.1. The van der Waals surface area contributed by atoms with Gasteiger partial charge in [-0.3, -0.25) is 14.8 Å². The maximum atomic E-state index is 11.4. The Morgan fingerprint density at radius 3 is 2.12 bits per heavy atom. The van der Waals surface area contributed by atoms with E-state index in [9.17, 15) is 9.59 Å². The minimum Gasteiger partial charge on any atom is -0.493 e. The Kier molecular flexibility index (Phi) is 22.3. The van der Waals surface area contributed by atoms with Crippen LogP contribution in [0, 0.1) is 0 Å². The van der Waals surface area contributed by atoms with E-state index in [4.69, 9.17) is 9.53 Å². The summed E-state index contributed by atoms with van der Waals surface area (Å²) in [6, 6.07) is 17.8. The fourth-order valence-corrected chi connectivity index (χ4v) is 3.88. The normalized spacial score (nSPS) is 10.2. The number of amides is 1. The zero-order valence-corrected chi connectivity index (χ0v) is 25.2. The molecule has 8 nitrogen and oxygen atoms in total. The van der Waals surface area contributed by atoms with Gasteiger partial charge in [0.15, 0.2) is 0 Å². The van der Waals surface area contributed by atoms with Crippen LogP contribution in [0.2, 0.25) is 0 Å². The Hall–Kier alpha value is -3.56. The van der Waals surface area contributed by atoms with Gasteiger partial charge >= 0.3 is 0 Å². The fourth-order valence-electron chi connectivity index (χ4n) is 3.16. The second-order valence-corrected chi connectivity index (χ2v) is 9.31. The molecule has 218 valence electrons. The number of ether oxygens (including phenoxy) is 1. The lowest BCUT2D eigenvalue weighted by Gasteiger charge is -2.10. The van der Waals surface area contributed by atoms with Crippen molar-refractivity contribution in [2.45, 2.75) is 58.1 Å². The van der Waals surface area contributed by atoms with Crippen LogP contribution in [-0.4, -0.2) is 53.7 Å². The molecule has 0 aliphatic carbocycles. The maximum Gasteiger partial charge on any atom is 0.279 e. The largest absolute Gasteiger partial charge is 0.493 e. The smallest absolute Gasteiger partial charge is 0.279 e. The van der Waals surface area contributed by atoms with Gasteiger partial charge in [0.05, 0.1) is 11.9 Å². The predicted octanol–water partition coefficient (Wildman–Crippen LogP) is 5.26. The number of carbonyl (C=O) groups is 3. The fraction of sp³-hybridized carbons (Fsp3) is 0.387. The van der Waals surface area contributed by atoms with Gasteiger partial charge in [-0.05, 0) is 74.7 Å². The lowest BCUT2D eigenvalue weighted by molar-refractivity contribution is -0.107. The summed E-state index contributed by atoms with van der Waals surface area (Å²) in [4.78, 5) is 39.9. The Morgan fingerprint density at radius 1 is 0.975 bits per heavy atom. The van der Waals surface area contributed by atoms with E-state index in [-0.39, 0.29) is 10.5 Å². The van der Waals surface area contributed by atoms with Crippen LogP contribution in [0.1, 0.15) is 49.7 Å². The quantitative estimate of drug-likeness (QED) is 0.300. The van der Waals surface area contributed by atoms with Crippen molar-refractivity contribution >= 4 is 29.6 Å². The van der Waals surface area contributed by atoms with Crippen LogP contribution >= 0.6 is 11.8 Å². The topological polar surface area (TPSA) is 124 Å². The molecule has 2 aromatic heterocycles. The number of nitrogens with zero attached hydrogens (tertiary/aromatic N) is 2. The van der Waals surface area contributed by atoms with Crippen molar-refractivity contribution in [1.29, 1.82) is 0 Å². The summed E-state index contributed by atoms with van der Waals surface area (Å²) >= 11 is 1.00. The Bertz CT molecular complexity index is 1050. The Balaban J connectivity index is 0.000000897. The average molecular weight is 569 g/mol.